The molecule has 5 heteroatoms. The first-order chi connectivity index (χ1) is 7.83. The second kappa shape index (κ2) is 7.87. The molecule has 1 amide bonds. The minimum atomic E-state index is 0.184. The molecule has 1 aliphatic rings. The topological polar surface area (TPSA) is 43.8 Å². The van der Waals surface area contributed by atoms with Gasteiger partial charge in [-0.25, -0.2) is 5.01 Å². The Hall–Kier alpha value is -0.320. The lowest BCUT2D eigenvalue weighted by atomic mass is 10.0. The molecule has 0 aliphatic carbocycles. The highest BCUT2D eigenvalue weighted by molar-refractivity contribution is 6.17. The first-order valence-corrected chi connectivity index (χ1v) is 6.52. The Morgan fingerprint density at radius 2 is 2.31 bits per heavy atom. The van der Waals surface area contributed by atoms with E-state index < -0.39 is 0 Å². The summed E-state index contributed by atoms with van der Waals surface area (Å²) >= 11 is 5.64. The molecule has 0 aromatic carbocycles. The number of hydrazine groups is 1. The van der Waals surface area contributed by atoms with Crippen LogP contribution >= 0.6 is 11.6 Å². The normalized spacial score (nSPS) is 22.0. The van der Waals surface area contributed by atoms with Crippen LogP contribution in [-0.2, 0) is 4.79 Å². The van der Waals surface area contributed by atoms with E-state index in [2.05, 4.69) is 5.01 Å². The van der Waals surface area contributed by atoms with Crippen molar-refractivity contribution in [3.63, 3.8) is 0 Å². The van der Waals surface area contributed by atoms with Gasteiger partial charge in [0, 0.05) is 31.6 Å². The molecule has 1 atom stereocenters. The van der Waals surface area contributed by atoms with Crippen molar-refractivity contribution in [3.8, 4) is 0 Å². The van der Waals surface area contributed by atoms with E-state index in [-0.39, 0.29) is 6.61 Å². The fourth-order valence-electron chi connectivity index (χ4n) is 2.23. The van der Waals surface area contributed by atoms with Crippen LogP contribution in [0.2, 0.25) is 0 Å². The maximum absolute atomic E-state index is 11.0. The van der Waals surface area contributed by atoms with E-state index in [0.717, 1.165) is 38.6 Å². The van der Waals surface area contributed by atoms with E-state index in [1.165, 1.54) is 6.42 Å². The Kier molecular flexibility index (Phi) is 6.76. The van der Waals surface area contributed by atoms with Crippen LogP contribution in [0.15, 0.2) is 0 Å². The highest BCUT2D eigenvalue weighted by Gasteiger charge is 2.25. The van der Waals surface area contributed by atoms with Gasteiger partial charge in [-0.3, -0.25) is 9.80 Å². The number of alkyl halides is 1. The van der Waals surface area contributed by atoms with E-state index in [0.29, 0.717) is 18.5 Å². The molecule has 94 valence electrons. The zero-order valence-corrected chi connectivity index (χ0v) is 10.4. The molecular weight excluding hydrogens is 228 g/mol. The van der Waals surface area contributed by atoms with Crippen molar-refractivity contribution >= 4 is 18.0 Å². The number of aliphatic hydroxyl groups excluding tert-OH is 1. The van der Waals surface area contributed by atoms with Crippen molar-refractivity contribution < 1.29 is 9.90 Å². The summed E-state index contributed by atoms with van der Waals surface area (Å²) in [7, 11) is 0. The van der Waals surface area contributed by atoms with Gasteiger partial charge in [0.1, 0.15) is 0 Å². The molecule has 1 heterocycles. The van der Waals surface area contributed by atoms with Gasteiger partial charge in [-0.15, -0.1) is 11.6 Å². The fraction of sp³-hybridized carbons (Fsp3) is 0.909. The number of hydrogen-bond donors (Lipinski definition) is 1. The zero-order valence-electron chi connectivity index (χ0n) is 9.65. The van der Waals surface area contributed by atoms with E-state index in [4.69, 9.17) is 16.7 Å². The largest absolute Gasteiger partial charge is 0.396 e. The predicted octanol–water partition coefficient (Wildman–Crippen LogP) is 1.23. The van der Waals surface area contributed by atoms with Gasteiger partial charge in [0.2, 0.25) is 6.41 Å². The van der Waals surface area contributed by atoms with Crippen LogP contribution in [0.3, 0.4) is 0 Å². The summed E-state index contributed by atoms with van der Waals surface area (Å²) in [6.07, 6.45) is 5.79. The third-order valence-electron chi connectivity index (χ3n) is 3.03. The summed E-state index contributed by atoms with van der Waals surface area (Å²) in [4.78, 5) is 11.0. The summed E-state index contributed by atoms with van der Waals surface area (Å²) in [5.41, 5.74) is 0. The molecule has 1 N–H and O–H groups in total. The quantitative estimate of drug-likeness (QED) is 0.544. The second-order valence-electron chi connectivity index (χ2n) is 4.14. The van der Waals surface area contributed by atoms with Gasteiger partial charge < -0.3 is 5.11 Å². The summed E-state index contributed by atoms with van der Waals surface area (Å²) in [6.45, 7) is 1.77. The number of carbonyl (C=O) groups excluding carboxylic acids is 1. The number of hydrogen-bond acceptors (Lipinski definition) is 3. The molecule has 1 fully saturated rings. The van der Waals surface area contributed by atoms with Gasteiger partial charge >= 0.3 is 0 Å². The number of amides is 1. The molecule has 0 aromatic heterocycles. The smallest absolute Gasteiger partial charge is 0.224 e. The minimum Gasteiger partial charge on any atom is -0.396 e. The first-order valence-electron chi connectivity index (χ1n) is 5.98. The van der Waals surface area contributed by atoms with Crippen LogP contribution in [0.5, 0.6) is 0 Å². The molecule has 4 nitrogen and oxygen atoms in total. The molecule has 1 aliphatic heterocycles. The number of nitrogens with zero attached hydrogens (tertiary/aromatic N) is 2. The van der Waals surface area contributed by atoms with Crippen molar-refractivity contribution in [1.82, 2.24) is 10.0 Å². The minimum absolute atomic E-state index is 0.184. The van der Waals surface area contributed by atoms with Crippen molar-refractivity contribution in [3.05, 3.63) is 0 Å². The average Bonchev–Trinajstić information content (AvgIpc) is 2.32. The number of halogens is 1. The van der Waals surface area contributed by atoms with Gasteiger partial charge in [0.15, 0.2) is 0 Å². The molecule has 1 saturated heterocycles. The third kappa shape index (κ3) is 3.92. The molecule has 1 unspecified atom stereocenters. The molecule has 1 rings (SSSR count). The lowest BCUT2D eigenvalue weighted by Gasteiger charge is -2.41. The number of aliphatic hydroxyl groups is 1. The van der Waals surface area contributed by atoms with Crippen molar-refractivity contribution in [2.45, 2.75) is 38.1 Å². The van der Waals surface area contributed by atoms with Crippen LogP contribution in [0.1, 0.15) is 32.1 Å². The first kappa shape index (κ1) is 13.7. The zero-order chi connectivity index (χ0) is 11.8. The monoisotopic (exact) mass is 248 g/mol. The summed E-state index contributed by atoms with van der Waals surface area (Å²) in [6, 6.07) is 0.305. The summed E-state index contributed by atoms with van der Waals surface area (Å²) in [5, 5.41) is 12.8. The molecule has 0 saturated carbocycles. The van der Waals surface area contributed by atoms with Gasteiger partial charge in [-0.05, 0) is 25.7 Å². The Balaban J connectivity index is 2.52. The predicted molar refractivity (Wildman–Crippen MR) is 64.2 cm³/mol. The van der Waals surface area contributed by atoms with E-state index in [1.54, 1.807) is 5.01 Å². The Morgan fingerprint density at radius 3 is 2.94 bits per heavy atom. The standard InChI is InChI=1S/C11H21ClN2O2/c12-6-3-7-13(10-16)14-8-2-1-4-11(14)5-9-15/h10-11,15H,1-9H2. The number of carbonyl (C=O) groups is 1. The fourth-order valence-corrected chi connectivity index (χ4v) is 2.35. The van der Waals surface area contributed by atoms with Gasteiger partial charge in [0.05, 0.1) is 0 Å². The maximum atomic E-state index is 11.0. The number of piperidine rings is 1. The van der Waals surface area contributed by atoms with Crippen molar-refractivity contribution in [1.29, 1.82) is 0 Å². The second-order valence-corrected chi connectivity index (χ2v) is 4.51. The van der Waals surface area contributed by atoms with Crippen molar-refractivity contribution in [2.75, 3.05) is 25.6 Å². The highest BCUT2D eigenvalue weighted by atomic mass is 35.5. The van der Waals surface area contributed by atoms with E-state index >= 15 is 0 Å². The molecule has 0 spiro atoms. The van der Waals surface area contributed by atoms with Crippen LogP contribution in [0.25, 0.3) is 0 Å². The van der Waals surface area contributed by atoms with Gasteiger partial charge in [-0.2, -0.15) is 0 Å². The molecule has 0 radical (unpaired) electrons. The van der Waals surface area contributed by atoms with E-state index in [9.17, 15) is 4.79 Å². The molecule has 0 aromatic rings. The van der Waals surface area contributed by atoms with Gasteiger partial charge in [-0.1, -0.05) is 6.42 Å². The molecule has 0 bridgehead atoms. The lowest BCUT2D eigenvalue weighted by Crippen LogP contribution is -2.51. The summed E-state index contributed by atoms with van der Waals surface area (Å²) < 4.78 is 0. The number of rotatable bonds is 7. The Labute approximate surface area is 102 Å². The highest BCUT2D eigenvalue weighted by Crippen LogP contribution is 2.20. The van der Waals surface area contributed by atoms with Crippen molar-refractivity contribution in [2.24, 2.45) is 0 Å². The Bertz CT molecular complexity index is 202. The lowest BCUT2D eigenvalue weighted by molar-refractivity contribution is -0.143. The Morgan fingerprint density at radius 1 is 1.50 bits per heavy atom. The average molecular weight is 249 g/mol. The van der Waals surface area contributed by atoms with Crippen LogP contribution < -0.4 is 0 Å². The SMILES string of the molecule is O=CN(CCCCl)N1CCCCC1CCO. The van der Waals surface area contributed by atoms with Crippen LogP contribution in [0, 0.1) is 0 Å². The van der Waals surface area contributed by atoms with E-state index in [1.807, 2.05) is 0 Å². The maximum Gasteiger partial charge on any atom is 0.224 e. The molecular formula is C11H21ClN2O2. The third-order valence-corrected chi connectivity index (χ3v) is 3.30. The van der Waals surface area contributed by atoms with Crippen LogP contribution in [0.4, 0.5) is 0 Å². The molecule has 16 heavy (non-hydrogen) atoms. The van der Waals surface area contributed by atoms with Gasteiger partial charge in [0.25, 0.3) is 0 Å². The summed E-state index contributed by atoms with van der Waals surface area (Å²) in [5.74, 6) is 0.572. The van der Waals surface area contributed by atoms with Crippen LogP contribution in [-0.4, -0.2) is 53.2 Å².